The predicted octanol–water partition coefficient (Wildman–Crippen LogP) is 0.280. The third-order valence-electron chi connectivity index (χ3n) is 3.22. The molecule has 2 unspecified atom stereocenters. The Morgan fingerprint density at radius 2 is 2.07 bits per heavy atom. The summed E-state index contributed by atoms with van der Waals surface area (Å²) in [5.41, 5.74) is 0. The number of rotatable bonds is 4. The summed E-state index contributed by atoms with van der Waals surface area (Å²) in [6.07, 6.45) is 3.11. The van der Waals surface area contributed by atoms with Crippen LogP contribution >= 0.6 is 0 Å². The quantitative estimate of drug-likeness (QED) is 0.704. The number of hydrogen-bond donors (Lipinski definition) is 2. The molecule has 0 aromatic carbocycles. The minimum atomic E-state index is 0.126. The van der Waals surface area contributed by atoms with Gasteiger partial charge in [0.05, 0.1) is 6.54 Å². The topological polar surface area (TPSA) is 50.4 Å². The van der Waals surface area contributed by atoms with Gasteiger partial charge in [-0.05, 0) is 25.2 Å². The van der Waals surface area contributed by atoms with E-state index in [1.165, 1.54) is 6.42 Å². The maximum absolute atomic E-state index is 11.5. The molecule has 4 nitrogen and oxygen atoms in total. The van der Waals surface area contributed by atoms with E-state index in [-0.39, 0.29) is 5.91 Å². The predicted molar refractivity (Wildman–Crippen MR) is 57.6 cm³/mol. The van der Waals surface area contributed by atoms with Crippen LogP contribution in [0.4, 0.5) is 0 Å². The molecule has 2 N–H and O–H groups in total. The Morgan fingerprint density at radius 1 is 1.40 bits per heavy atom. The summed E-state index contributed by atoms with van der Waals surface area (Å²) in [7, 11) is 0. The van der Waals surface area contributed by atoms with Gasteiger partial charge in [0.1, 0.15) is 0 Å². The van der Waals surface area contributed by atoms with Crippen molar-refractivity contribution in [3.05, 3.63) is 0 Å². The molecular formula is C11H20N2O2. The lowest BCUT2D eigenvalue weighted by atomic mass is 10.1. The molecule has 0 aromatic heterocycles. The van der Waals surface area contributed by atoms with Crippen molar-refractivity contribution in [1.82, 2.24) is 10.6 Å². The Morgan fingerprint density at radius 3 is 2.67 bits per heavy atom. The van der Waals surface area contributed by atoms with Gasteiger partial charge in [0.25, 0.3) is 0 Å². The molecule has 2 aliphatic rings. The Balaban J connectivity index is 1.59. The molecule has 1 amide bonds. The Kier molecular flexibility index (Phi) is 3.59. The zero-order valence-corrected chi connectivity index (χ0v) is 9.29. The molecule has 0 radical (unpaired) electrons. The van der Waals surface area contributed by atoms with Crippen molar-refractivity contribution in [2.45, 2.75) is 38.3 Å². The first-order chi connectivity index (χ1) is 7.25. The summed E-state index contributed by atoms with van der Waals surface area (Å²) in [6.45, 7) is 4.22. The van der Waals surface area contributed by atoms with E-state index in [9.17, 15) is 4.79 Å². The average Bonchev–Trinajstić information content (AvgIpc) is 2.93. The molecule has 0 bridgehead atoms. The van der Waals surface area contributed by atoms with Crippen molar-refractivity contribution in [1.29, 1.82) is 0 Å². The molecule has 4 heteroatoms. The van der Waals surface area contributed by atoms with Crippen LogP contribution in [-0.2, 0) is 9.53 Å². The normalized spacial score (nSPS) is 31.3. The largest absolute Gasteiger partial charge is 0.381 e. The third-order valence-corrected chi connectivity index (χ3v) is 3.22. The molecule has 0 spiro atoms. The first-order valence-electron chi connectivity index (χ1n) is 5.86. The molecule has 1 aliphatic carbocycles. The monoisotopic (exact) mass is 212 g/mol. The van der Waals surface area contributed by atoms with Gasteiger partial charge in [-0.25, -0.2) is 0 Å². The molecule has 1 saturated carbocycles. The van der Waals surface area contributed by atoms with E-state index in [4.69, 9.17) is 4.74 Å². The fourth-order valence-electron chi connectivity index (χ4n) is 1.95. The lowest BCUT2D eigenvalue weighted by molar-refractivity contribution is -0.121. The van der Waals surface area contributed by atoms with E-state index >= 15 is 0 Å². The maximum atomic E-state index is 11.5. The van der Waals surface area contributed by atoms with Gasteiger partial charge in [0.15, 0.2) is 0 Å². The van der Waals surface area contributed by atoms with Gasteiger partial charge in [0.2, 0.25) is 5.91 Å². The van der Waals surface area contributed by atoms with E-state index in [0.717, 1.165) is 32.0 Å². The van der Waals surface area contributed by atoms with Crippen LogP contribution in [0, 0.1) is 5.92 Å². The third kappa shape index (κ3) is 3.47. The smallest absolute Gasteiger partial charge is 0.234 e. The van der Waals surface area contributed by atoms with E-state index in [2.05, 4.69) is 17.6 Å². The second-order valence-electron chi connectivity index (χ2n) is 4.65. The number of amides is 1. The molecule has 2 rings (SSSR count). The molecule has 2 fully saturated rings. The summed E-state index contributed by atoms with van der Waals surface area (Å²) in [4.78, 5) is 11.5. The van der Waals surface area contributed by atoms with Crippen molar-refractivity contribution >= 4 is 5.91 Å². The van der Waals surface area contributed by atoms with Gasteiger partial charge < -0.3 is 15.4 Å². The highest BCUT2D eigenvalue weighted by Crippen LogP contribution is 2.28. The summed E-state index contributed by atoms with van der Waals surface area (Å²) in [5.74, 6) is 0.877. The summed E-state index contributed by atoms with van der Waals surface area (Å²) < 4.78 is 5.24. The number of carbonyl (C=O) groups is 1. The van der Waals surface area contributed by atoms with Crippen LogP contribution in [0.5, 0.6) is 0 Å². The SMILES string of the molecule is CC1CC1NCC(=O)NC1CCOCC1. The fourth-order valence-corrected chi connectivity index (χ4v) is 1.95. The van der Waals surface area contributed by atoms with Crippen molar-refractivity contribution in [3.63, 3.8) is 0 Å². The van der Waals surface area contributed by atoms with E-state index in [1.807, 2.05) is 0 Å². The highest BCUT2D eigenvalue weighted by atomic mass is 16.5. The van der Waals surface area contributed by atoms with Crippen LogP contribution in [0.25, 0.3) is 0 Å². The van der Waals surface area contributed by atoms with Gasteiger partial charge >= 0.3 is 0 Å². The highest BCUT2D eigenvalue weighted by Gasteiger charge is 2.32. The zero-order valence-electron chi connectivity index (χ0n) is 9.29. The Bertz CT molecular complexity index is 227. The van der Waals surface area contributed by atoms with E-state index in [0.29, 0.717) is 18.6 Å². The van der Waals surface area contributed by atoms with Crippen LogP contribution in [0.1, 0.15) is 26.2 Å². The highest BCUT2D eigenvalue weighted by molar-refractivity contribution is 5.78. The van der Waals surface area contributed by atoms with Gasteiger partial charge in [0, 0.05) is 25.3 Å². The van der Waals surface area contributed by atoms with Crippen molar-refractivity contribution in [3.8, 4) is 0 Å². The summed E-state index contributed by atoms with van der Waals surface area (Å²) >= 11 is 0. The van der Waals surface area contributed by atoms with E-state index < -0.39 is 0 Å². The van der Waals surface area contributed by atoms with Gasteiger partial charge in [-0.2, -0.15) is 0 Å². The molecule has 15 heavy (non-hydrogen) atoms. The van der Waals surface area contributed by atoms with Gasteiger partial charge in [-0.1, -0.05) is 6.92 Å². The van der Waals surface area contributed by atoms with Crippen molar-refractivity contribution < 1.29 is 9.53 Å². The second-order valence-corrected chi connectivity index (χ2v) is 4.65. The van der Waals surface area contributed by atoms with Crippen LogP contribution in [0.15, 0.2) is 0 Å². The summed E-state index contributed by atoms with van der Waals surface area (Å²) in [6, 6.07) is 0.898. The molecule has 1 saturated heterocycles. The number of carbonyl (C=O) groups excluding carboxylic acids is 1. The number of nitrogens with one attached hydrogen (secondary N) is 2. The van der Waals surface area contributed by atoms with Crippen LogP contribution in [0.2, 0.25) is 0 Å². The zero-order chi connectivity index (χ0) is 10.7. The number of hydrogen-bond acceptors (Lipinski definition) is 3. The maximum Gasteiger partial charge on any atom is 0.234 e. The number of ether oxygens (including phenoxy) is 1. The molecule has 2 atom stereocenters. The lowest BCUT2D eigenvalue weighted by Crippen LogP contribution is -2.43. The van der Waals surface area contributed by atoms with E-state index in [1.54, 1.807) is 0 Å². The molecule has 1 aliphatic heterocycles. The lowest BCUT2D eigenvalue weighted by Gasteiger charge is -2.23. The van der Waals surface area contributed by atoms with Gasteiger partial charge in [-0.15, -0.1) is 0 Å². The van der Waals surface area contributed by atoms with Crippen LogP contribution in [0.3, 0.4) is 0 Å². The Labute approximate surface area is 90.8 Å². The first kappa shape index (κ1) is 10.9. The second kappa shape index (κ2) is 4.94. The molecule has 0 aromatic rings. The molecule has 86 valence electrons. The van der Waals surface area contributed by atoms with Crippen LogP contribution in [-0.4, -0.2) is 37.7 Å². The fraction of sp³-hybridized carbons (Fsp3) is 0.909. The molecular weight excluding hydrogens is 192 g/mol. The average molecular weight is 212 g/mol. The standard InChI is InChI=1S/C11H20N2O2/c1-8-6-10(8)12-7-11(14)13-9-2-4-15-5-3-9/h8-10,12H,2-7H2,1H3,(H,13,14). The first-order valence-corrected chi connectivity index (χ1v) is 5.86. The van der Waals surface area contributed by atoms with Gasteiger partial charge in [-0.3, -0.25) is 4.79 Å². The van der Waals surface area contributed by atoms with Crippen molar-refractivity contribution in [2.75, 3.05) is 19.8 Å². The minimum absolute atomic E-state index is 0.126. The van der Waals surface area contributed by atoms with Crippen molar-refractivity contribution in [2.24, 2.45) is 5.92 Å². The summed E-state index contributed by atoms with van der Waals surface area (Å²) in [5, 5.41) is 6.29. The minimum Gasteiger partial charge on any atom is -0.381 e. The Hall–Kier alpha value is -0.610. The molecule has 1 heterocycles. The van der Waals surface area contributed by atoms with Crippen LogP contribution < -0.4 is 10.6 Å².